The quantitative estimate of drug-likeness (QED) is 0.717. The predicted octanol–water partition coefficient (Wildman–Crippen LogP) is 0.00520. The van der Waals surface area contributed by atoms with Gasteiger partial charge in [-0.3, -0.25) is 4.79 Å². The van der Waals surface area contributed by atoms with Gasteiger partial charge in [0, 0.05) is 18.0 Å². The van der Waals surface area contributed by atoms with Crippen LogP contribution in [-0.4, -0.2) is 28.1 Å². The van der Waals surface area contributed by atoms with Crippen molar-refractivity contribution in [2.75, 3.05) is 6.54 Å². The average molecular weight is 200 g/mol. The molecule has 1 atom stereocenters. The van der Waals surface area contributed by atoms with E-state index in [0.717, 1.165) is 18.0 Å². The van der Waals surface area contributed by atoms with E-state index >= 15 is 0 Å². The summed E-state index contributed by atoms with van der Waals surface area (Å²) in [5, 5.41) is 8.02. The zero-order valence-electron chi connectivity index (χ0n) is 7.36. The lowest BCUT2D eigenvalue weighted by Crippen LogP contribution is -2.39. The molecule has 1 rings (SSSR count). The molecule has 0 saturated heterocycles. The van der Waals surface area contributed by atoms with Crippen LogP contribution in [0.3, 0.4) is 0 Å². The molecule has 72 valence electrons. The SMILES string of the molecule is CCC(CN)NC(=O)c1csnn1. The maximum atomic E-state index is 11.4. The molecule has 0 aliphatic carbocycles. The molecule has 1 heterocycles. The maximum absolute atomic E-state index is 11.4. The van der Waals surface area contributed by atoms with Crippen LogP contribution in [-0.2, 0) is 0 Å². The molecule has 0 bridgehead atoms. The second kappa shape index (κ2) is 4.88. The molecule has 6 heteroatoms. The molecule has 0 aliphatic heterocycles. The van der Waals surface area contributed by atoms with Gasteiger partial charge in [-0.2, -0.15) is 0 Å². The summed E-state index contributed by atoms with van der Waals surface area (Å²) in [6, 6.07) is 0.0224. The van der Waals surface area contributed by atoms with E-state index in [1.165, 1.54) is 0 Å². The molecule has 0 aromatic carbocycles. The van der Waals surface area contributed by atoms with Crippen molar-refractivity contribution in [1.82, 2.24) is 14.9 Å². The Morgan fingerprint density at radius 2 is 2.62 bits per heavy atom. The lowest BCUT2D eigenvalue weighted by atomic mass is 10.2. The minimum atomic E-state index is -0.203. The summed E-state index contributed by atoms with van der Waals surface area (Å²) in [7, 11) is 0. The highest BCUT2D eigenvalue weighted by atomic mass is 32.1. The van der Waals surface area contributed by atoms with E-state index in [1.54, 1.807) is 5.38 Å². The van der Waals surface area contributed by atoms with Gasteiger partial charge in [-0.1, -0.05) is 11.4 Å². The zero-order valence-corrected chi connectivity index (χ0v) is 8.17. The molecular weight excluding hydrogens is 188 g/mol. The van der Waals surface area contributed by atoms with Crippen LogP contribution in [0.15, 0.2) is 5.38 Å². The molecular formula is C7H12N4OS. The first-order chi connectivity index (χ1) is 6.27. The Bertz CT molecular complexity index is 257. The number of aromatic nitrogens is 2. The van der Waals surface area contributed by atoms with Crippen molar-refractivity contribution < 1.29 is 4.79 Å². The first kappa shape index (κ1) is 10.1. The average Bonchev–Trinajstić information content (AvgIpc) is 2.66. The van der Waals surface area contributed by atoms with Gasteiger partial charge >= 0.3 is 0 Å². The summed E-state index contributed by atoms with van der Waals surface area (Å²) >= 11 is 1.16. The highest BCUT2D eigenvalue weighted by Crippen LogP contribution is 1.98. The van der Waals surface area contributed by atoms with E-state index in [2.05, 4.69) is 14.9 Å². The van der Waals surface area contributed by atoms with Crippen molar-refractivity contribution in [2.24, 2.45) is 5.73 Å². The molecule has 0 saturated carbocycles. The Balaban J connectivity index is 2.50. The van der Waals surface area contributed by atoms with Crippen LogP contribution in [0.4, 0.5) is 0 Å². The number of carbonyl (C=O) groups excluding carboxylic acids is 1. The van der Waals surface area contributed by atoms with E-state index < -0.39 is 0 Å². The molecule has 0 spiro atoms. The number of nitrogens with one attached hydrogen (secondary N) is 1. The Hall–Kier alpha value is -1.01. The van der Waals surface area contributed by atoms with E-state index in [0.29, 0.717) is 12.2 Å². The molecule has 0 radical (unpaired) electrons. The first-order valence-corrected chi connectivity index (χ1v) is 4.89. The lowest BCUT2D eigenvalue weighted by Gasteiger charge is -2.12. The van der Waals surface area contributed by atoms with Gasteiger partial charge in [-0.25, -0.2) is 0 Å². The van der Waals surface area contributed by atoms with E-state index in [-0.39, 0.29) is 11.9 Å². The molecule has 1 aromatic heterocycles. The Morgan fingerprint density at radius 1 is 1.85 bits per heavy atom. The number of rotatable bonds is 4. The molecule has 1 unspecified atom stereocenters. The van der Waals surface area contributed by atoms with Gasteiger partial charge in [-0.05, 0) is 18.0 Å². The number of amides is 1. The molecule has 0 aliphatic rings. The van der Waals surface area contributed by atoms with Gasteiger partial charge in [0.25, 0.3) is 5.91 Å². The normalized spacial score (nSPS) is 12.5. The van der Waals surface area contributed by atoms with Crippen LogP contribution < -0.4 is 11.1 Å². The summed E-state index contributed by atoms with van der Waals surface area (Å²) in [6.07, 6.45) is 0.819. The number of hydrogen-bond donors (Lipinski definition) is 2. The predicted molar refractivity (Wildman–Crippen MR) is 50.5 cm³/mol. The lowest BCUT2D eigenvalue weighted by molar-refractivity contribution is 0.0932. The number of nitrogens with two attached hydrogens (primary N) is 1. The highest BCUT2D eigenvalue weighted by Gasteiger charge is 2.12. The molecule has 3 N–H and O–H groups in total. The van der Waals surface area contributed by atoms with Crippen LogP contribution >= 0.6 is 11.5 Å². The van der Waals surface area contributed by atoms with Crippen LogP contribution in [0.5, 0.6) is 0 Å². The zero-order chi connectivity index (χ0) is 9.68. The van der Waals surface area contributed by atoms with Crippen molar-refractivity contribution in [3.05, 3.63) is 11.1 Å². The third kappa shape index (κ3) is 2.74. The van der Waals surface area contributed by atoms with Gasteiger partial charge in [0.15, 0.2) is 5.69 Å². The fourth-order valence-electron chi connectivity index (χ4n) is 0.851. The maximum Gasteiger partial charge on any atom is 0.272 e. The van der Waals surface area contributed by atoms with Gasteiger partial charge in [0.05, 0.1) is 0 Å². The van der Waals surface area contributed by atoms with Gasteiger partial charge in [0.2, 0.25) is 0 Å². The number of hydrogen-bond acceptors (Lipinski definition) is 5. The molecule has 0 fully saturated rings. The Labute approximate surface area is 80.5 Å². The number of nitrogens with zero attached hydrogens (tertiary/aromatic N) is 2. The van der Waals surface area contributed by atoms with E-state index in [4.69, 9.17) is 5.73 Å². The Morgan fingerprint density at radius 3 is 3.08 bits per heavy atom. The smallest absolute Gasteiger partial charge is 0.272 e. The van der Waals surface area contributed by atoms with Crippen molar-refractivity contribution in [3.63, 3.8) is 0 Å². The van der Waals surface area contributed by atoms with Gasteiger partial charge in [-0.15, -0.1) is 5.10 Å². The molecule has 5 nitrogen and oxygen atoms in total. The van der Waals surface area contributed by atoms with E-state index in [1.807, 2.05) is 6.92 Å². The van der Waals surface area contributed by atoms with Crippen LogP contribution in [0, 0.1) is 0 Å². The summed E-state index contributed by atoms with van der Waals surface area (Å²) in [6.45, 7) is 2.41. The minimum absolute atomic E-state index is 0.0224. The second-order valence-corrected chi connectivity index (χ2v) is 3.21. The summed E-state index contributed by atoms with van der Waals surface area (Å²) in [4.78, 5) is 11.4. The second-order valence-electron chi connectivity index (χ2n) is 2.60. The van der Waals surface area contributed by atoms with Crippen LogP contribution in [0.2, 0.25) is 0 Å². The fourth-order valence-corrected chi connectivity index (χ4v) is 1.29. The molecule has 1 aromatic rings. The summed E-state index contributed by atoms with van der Waals surface area (Å²) in [5.74, 6) is -0.203. The number of carbonyl (C=O) groups is 1. The largest absolute Gasteiger partial charge is 0.347 e. The first-order valence-electron chi connectivity index (χ1n) is 4.06. The van der Waals surface area contributed by atoms with Crippen LogP contribution in [0.25, 0.3) is 0 Å². The van der Waals surface area contributed by atoms with Crippen molar-refractivity contribution in [3.8, 4) is 0 Å². The third-order valence-corrected chi connectivity index (χ3v) is 2.21. The van der Waals surface area contributed by atoms with Gasteiger partial charge < -0.3 is 11.1 Å². The highest BCUT2D eigenvalue weighted by molar-refractivity contribution is 7.03. The fraction of sp³-hybridized carbons (Fsp3) is 0.571. The summed E-state index contributed by atoms with van der Waals surface area (Å²) in [5.41, 5.74) is 5.80. The van der Waals surface area contributed by atoms with Crippen molar-refractivity contribution >= 4 is 17.4 Å². The topological polar surface area (TPSA) is 80.9 Å². The summed E-state index contributed by atoms with van der Waals surface area (Å²) < 4.78 is 3.60. The minimum Gasteiger partial charge on any atom is -0.347 e. The van der Waals surface area contributed by atoms with Gasteiger partial charge in [0.1, 0.15) is 0 Å². The molecule has 1 amide bonds. The third-order valence-electron chi connectivity index (χ3n) is 1.71. The van der Waals surface area contributed by atoms with Crippen LogP contribution in [0.1, 0.15) is 23.8 Å². The molecule has 13 heavy (non-hydrogen) atoms. The standard InChI is InChI=1S/C7H12N4OS/c1-2-5(3-8)9-7(12)6-4-13-11-10-6/h4-5H,2-3,8H2,1H3,(H,9,12). The Kier molecular flexibility index (Phi) is 3.78. The van der Waals surface area contributed by atoms with E-state index in [9.17, 15) is 4.79 Å². The van der Waals surface area contributed by atoms with Crippen molar-refractivity contribution in [2.45, 2.75) is 19.4 Å². The van der Waals surface area contributed by atoms with Crippen molar-refractivity contribution in [1.29, 1.82) is 0 Å². The monoisotopic (exact) mass is 200 g/mol.